The van der Waals surface area contributed by atoms with E-state index in [1.165, 1.54) is 22.6 Å². The van der Waals surface area contributed by atoms with Crippen LogP contribution in [0.5, 0.6) is 0 Å². The van der Waals surface area contributed by atoms with Gasteiger partial charge in [0, 0.05) is 47.8 Å². The Bertz CT molecular complexity index is 2180. The van der Waals surface area contributed by atoms with E-state index >= 15 is 0 Å². The standard InChI is InChI=1S/C39H44F3N9O4/c1-6-8-10-24-14-25(26-17-44-23(5)45-18-26)15-27-32(35(43)54)49-50(33(24)27)19-31(53)51-28(16-38(22(4)34(38)51)20-46-30(52)11-9-7-2)37(55)48-36-21(3)12-13-29(47-36)39(40,41)42/h6,8,12-15,17-18,22,28,34H,7,9-11,16,19-20H2,1-5H3,(H2,43,54)(H,46,52)(H,47,48,55)/b8-6+/t22-,28-,34?,38+/m0/s1. The molecule has 16 heteroatoms. The molecule has 2 aliphatic rings. The predicted octanol–water partition coefficient (Wildman–Crippen LogP) is 5.29. The Morgan fingerprint density at radius 2 is 1.82 bits per heavy atom. The predicted molar refractivity (Wildman–Crippen MR) is 198 cm³/mol. The Hall–Kier alpha value is -5.67. The minimum absolute atomic E-state index is 0.0508. The molecule has 4 N–H and O–H groups in total. The van der Waals surface area contributed by atoms with Gasteiger partial charge in [0.05, 0.1) is 5.52 Å². The van der Waals surface area contributed by atoms with Crippen molar-refractivity contribution in [3.05, 3.63) is 77.2 Å². The first kappa shape index (κ1) is 39.0. The van der Waals surface area contributed by atoms with E-state index in [0.717, 1.165) is 18.1 Å². The van der Waals surface area contributed by atoms with Crippen LogP contribution in [0.3, 0.4) is 0 Å². The van der Waals surface area contributed by atoms with Gasteiger partial charge in [0.25, 0.3) is 5.91 Å². The number of alkyl halides is 3. The van der Waals surface area contributed by atoms with Gasteiger partial charge >= 0.3 is 6.18 Å². The van der Waals surface area contributed by atoms with E-state index in [9.17, 15) is 32.3 Å². The number of likely N-dealkylation sites (tertiary alicyclic amines) is 1. The Labute approximate surface area is 316 Å². The summed E-state index contributed by atoms with van der Waals surface area (Å²) in [5, 5.41) is 10.5. The molecular formula is C39H44F3N9O4. The first-order valence-corrected chi connectivity index (χ1v) is 18.3. The van der Waals surface area contributed by atoms with Crippen LogP contribution in [0.25, 0.3) is 22.0 Å². The van der Waals surface area contributed by atoms with Gasteiger partial charge < -0.3 is 21.3 Å². The Kier molecular flexibility index (Phi) is 10.8. The topological polar surface area (TPSA) is 178 Å². The van der Waals surface area contributed by atoms with Crippen molar-refractivity contribution >= 4 is 40.3 Å². The maximum atomic E-state index is 14.6. The van der Waals surface area contributed by atoms with Gasteiger partial charge in [0.2, 0.25) is 17.7 Å². The number of allylic oxidation sites excluding steroid dienone is 2. The fourth-order valence-corrected chi connectivity index (χ4v) is 7.76. The highest BCUT2D eigenvalue weighted by atomic mass is 19.4. The number of anilines is 1. The zero-order valence-electron chi connectivity index (χ0n) is 31.3. The Morgan fingerprint density at radius 1 is 1.09 bits per heavy atom. The second-order valence-electron chi connectivity index (χ2n) is 14.4. The highest BCUT2D eigenvalue weighted by molar-refractivity contribution is 6.06. The van der Waals surface area contributed by atoms with Crippen LogP contribution in [0, 0.1) is 25.2 Å². The van der Waals surface area contributed by atoms with E-state index < -0.39 is 47.1 Å². The molecule has 1 aliphatic heterocycles. The zero-order valence-corrected chi connectivity index (χ0v) is 31.3. The molecule has 1 aromatic carbocycles. The van der Waals surface area contributed by atoms with Crippen molar-refractivity contribution in [2.24, 2.45) is 17.1 Å². The van der Waals surface area contributed by atoms with Gasteiger partial charge in [-0.2, -0.15) is 18.3 Å². The summed E-state index contributed by atoms with van der Waals surface area (Å²) in [4.78, 5) is 67.9. The number of hydrogen-bond donors (Lipinski definition) is 3. The normalized spacial score (nSPS) is 20.5. The number of benzene rings is 1. The molecule has 1 saturated carbocycles. The molecule has 3 aromatic heterocycles. The summed E-state index contributed by atoms with van der Waals surface area (Å²) in [5.41, 5.74) is 6.92. The maximum Gasteiger partial charge on any atom is 0.433 e. The smallest absolute Gasteiger partial charge is 0.364 e. The number of nitrogens with one attached hydrogen (secondary N) is 2. The number of halogens is 3. The number of carbonyl (C=O) groups is 4. The minimum Gasteiger partial charge on any atom is -0.364 e. The van der Waals surface area contributed by atoms with Crippen LogP contribution < -0.4 is 16.4 Å². The molecule has 6 rings (SSSR count). The second kappa shape index (κ2) is 15.2. The Balaban J connectivity index is 1.38. The summed E-state index contributed by atoms with van der Waals surface area (Å²) in [6, 6.07) is 4.14. The summed E-state index contributed by atoms with van der Waals surface area (Å²) in [7, 11) is 0. The van der Waals surface area contributed by atoms with Crippen LogP contribution in [0.2, 0.25) is 0 Å². The molecule has 4 aromatic rings. The molecular weight excluding hydrogens is 715 g/mol. The molecule has 55 heavy (non-hydrogen) atoms. The van der Waals surface area contributed by atoms with Gasteiger partial charge in [-0.25, -0.2) is 15.0 Å². The van der Waals surface area contributed by atoms with Crippen molar-refractivity contribution < 1.29 is 32.3 Å². The molecule has 0 spiro atoms. The van der Waals surface area contributed by atoms with E-state index in [0.29, 0.717) is 52.7 Å². The largest absolute Gasteiger partial charge is 0.433 e. The number of aryl methyl sites for hydroxylation is 2. The van der Waals surface area contributed by atoms with Crippen LogP contribution in [-0.2, 0) is 33.5 Å². The average molecular weight is 760 g/mol. The maximum absolute atomic E-state index is 14.6. The number of fused-ring (bicyclic) bond motifs is 2. The number of nitrogens with zero attached hydrogens (tertiary/aromatic N) is 6. The van der Waals surface area contributed by atoms with Crippen molar-refractivity contribution in [2.75, 3.05) is 11.9 Å². The van der Waals surface area contributed by atoms with Crippen molar-refractivity contribution in [3.8, 4) is 11.1 Å². The number of nitrogens with two attached hydrogens (primary N) is 1. The van der Waals surface area contributed by atoms with Crippen molar-refractivity contribution in [1.29, 1.82) is 0 Å². The SMILES string of the molecule is C/C=C/Cc1cc(-c2cnc(C)nc2)cc2c(C(N)=O)nn(CC(=O)N3C4[C@H](C)[C@]4(CNC(=O)CCCC)C[C@H]3C(=O)Nc3nc(C(F)(F)F)ccc3C)c12. The quantitative estimate of drug-likeness (QED) is 0.154. The third-order valence-electron chi connectivity index (χ3n) is 10.8. The lowest BCUT2D eigenvalue weighted by atomic mass is 9.95. The van der Waals surface area contributed by atoms with Crippen molar-refractivity contribution in [1.82, 2.24) is 34.9 Å². The van der Waals surface area contributed by atoms with Crippen LogP contribution >= 0.6 is 0 Å². The highest BCUT2D eigenvalue weighted by Gasteiger charge is 2.72. The molecule has 4 atom stereocenters. The van der Waals surface area contributed by atoms with Gasteiger partial charge in [-0.3, -0.25) is 23.9 Å². The lowest BCUT2D eigenvalue weighted by molar-refractivity contribution is -0.141. The van der Waals surface area contributed by atoms with Crippen LogP contribution in [0.15, 0.2) is 48.8 Å². The van der Waals surface area contributed by atoms with Gasteiger partial charge in [-0.1, -0.05) is 38.5 Å². The molecule has 4 heterocycles. The van der Waals surface area contributed by atoms with Crippen molar-refractivity contribution in [3.63, 3.8) is 0 Å². The first-order chi connectivity index (χ1) is 26.1. The molecule has 1 aliphatic carbocycles. The third-order valence-corrected chi connectivity index (χ3v) is 10.8. The molecule has 4 amide bonds. The van der Waals surface area contributed by atoms with E-state index in [1.807, 2.05) is 39.0 Å². The number of piperidine rings is 1. The monoisotopic (exact) mass is 759 g/mol. The molecule has 1 saturated heterocycles. The van der Waals surface area contributed by atoms with Crippen LogP contribution in [-0.4, -0.2) is 71.9 Å². The Morgan fingerprint density at radius 3 is 2.47 bits per heavy atom. The summed E-state index contributed by atoms with van der Waals surface area (Å²) < 4.78 is 42.1. The lowest BCUT2D eigenvalue weighted by Gasteiger charge is -2.28. The fraction of sp³-hybridized carbons (Fsp3) is 0.436. The number of hydrogen-bond acceptors (Lipinski definition) is 8. The van der Waals surface area contributed by atoms with Gasteiger partial charge in [-0.15, -0.1) is 0 Å². The lowest BCUT2D eigenvalue weighted by Crippen LogP contribution is -2.47. The molecule has 1 unspecified atom stereocenters. The van der Waals surface area contributed by atoms with Crippen LogP contribution in [0.1, 0.15) is 79.6 Å². The van der Waals surface area contributed by atoms with Gasteiger partial charge in [0.1, 0.15) is 29.9 Å². The molecule has 13 nitrogen and oxygen atoms in total. The molecule has 290 valence electrons. The molecule has 0 radical (unpaired) electrons. The number of pyridine rings is 1. The van der Waals surface area contributed by atoms with Gasteiger partial charge in [-0.05, 0) is 80.8 Å². The number of aromatic nitrogens is 5. The minimum atomic E-state index is -4.74. The third kappa shape index (κ3) is 7.67. The van der Waals surface area contributed by atoms with Gasteiger partial charge in [0.15, 0.2) is 5.69 Å². The molecule has 0 bridgehead atoms. The second-order valence-corrected chi connectivity index (χ2v) is 14.4. The number of primary amides is 1. The summed E-state index contributed by atoms with van der Waals surface area (Å²) in [6.07, 6.45) is 4.85. The van der Waals surface area contributed by atoms with E-state index in [4.69, 9.17) is 5.73 Å². The first-order valence-electron chi connectivity index (χ1n) is 18.3. The number of unbranched alkanes of at least 4 members (excludes halogenated alkanes) is 1. The van der Waals surface area contributed by atoms with E-state index in [2.05, 4.69) is 30.7 Å². The molecule has 2 fully saturated rings. The summed E-state index contributed by atoms with van der Waals surface area (Å²) >= 11 is 0. The fourth-order valence-electron chi connectivity index (χ4n) is 7.76. The highest BCUT2D eigenvalue weighted by Crippen LogP contribution is 2.64. The summed E-state index contributed by atoms with van der Waals surface area (Å²) in [5.74, 6) is -1.95. The zero-order chi connectivity index (χ0) is 39.8. The summed E-state index contributed by atoms with van der Waals surface area (Å²) in [6.45, 7) is 8.91. The number of rotatable bonds is 13. The van der Waals surface area contributed by atoms with Crippen molar-refractivity contribution in [2.45, 2.75) is 91.5 Å². The van der Waals surface area contributed by atoms with E-state index in [1.54, 1.807) is 25.4 Å². The number of amides is 4. The van der Waals surface area contributed by atoms with E-state index in [-0.39, 0.29) is 42.8 Å². The average Bonchev–Trinajstić information content (AvgIpc) is 3.40. The van der Waals surface area contributed by atoms with Crippen LogP contribution in [0.4, 0.5) is 19.0 Å². The number of carbonyl (C=O) groups excluding carboxylic acids is 4.